The second-order valence-electron chi connectivity index (χ2n) is 8.77. The Balaban J connectivity index is 1.39. The fraction of sp³-hybridized carbons (Fsp3) is 0.609. The van der Waals surface area contributed by atoms with Crippen LogP contribution < -0.4 is 4.74 Å². The minimum atomic E-state index is -0.0954. The van der Waals surface area contributed by atoms with Gasteiger partial charge in [0.1, 0.15) is 11.5 Å². The van der Waals surface area contributed by atoms with Crippen molar-refractivity contribution in [2.24, 2.45) is 17.3 Å². The quantitative estimate of drug-likeness (QED) is 0.743. The van der Waals surface area contributed by atoms with Gasteiger partial charge in [-0.15, -0.1) is 0 Å². The third-order valence-electron chi connectivity index (χ3n) is 7.40. The Morgan fingerprint density at radius 1 is 1.19 bits per heavy atom. The van der Waals surface area contributed by atoms with Gasteiger partial charge in [0.15, 0.2) is 6.29 Å². The van der Waals surface area contributed by atoms with Crippen molar-refractivity contribution in [3.63, 3.8) is 0 Å². The number of carbonyl (C=O) groups is 1. The van der Waals surface area contributed by atoms with Crippen LogP contribution in [0.3, 0.4) is 0 Å². The van der Waals surface area contributed by atoms with E-state index in [1.165, 1.54) is 17.5 Å². The van der Waals surface area contributed by atoms with Crippen molar-refractivity contribution in [3.8, 4) is 5.75 Å². The van der Waals surface area contributed by atoms with Gasteiger partial charge in [-0.1, -0.05) is 25.1 Å². The minimum absolute atomic E-state index is 0.0790. The van der Waals surface area contributed by atoms with E-state index in [2.05, 4.69) is 37.3 Å². The highest BCUT2D eigenvalue weighted by Gasteiger charge is 2.53. The van der Waals surface area contributed by atoms with Crippen molar-refractivity contribution in [2.75, 3.05) is 6.61 Å². The monoisotopic (exact) mass is 352 g/mol. The molecule has 1 saturated heterocycles. The molecule has 26 heavy (non-hydrogen) atoms. The molecular weight excluding hydrogens is 324 g/mol. The molecule has 0 N–H and O–H groups in total. The zero-order chi connectivity index (χ0) is 17.7. The van der Waals surface area contributed by atoms with Gasteiger partial charge in [0.25, 0.3) is 0 Å². The maximum absolute atomic E-state index is 12.4. The van der Waals surface area contributed by atoms with Crippen molar-refractivity contribution in [3.05, 3.63) is 35.4 Å². The Morgan fingerprint density at radius 2 is 2.12 bits per heavy atom. The van der Waals surface area contributed by atoms with Gasteiger partial charge in [0.2, 0.25) is 0 Å². The Morgan fingerprint density at radius 3 is 2.96 bits per heavy atom. The number of hydrogen-bond acceptors (Lipinski definition) is 3. The summed E-state index contributed by atoms with van der Waals surface area (Å²) in [7, 11) is 0. The van der Waals surface area contributed by atoms with Gasteiger partial charge < -0.3 is 9.47 Å². The Kier molecular flexibility index (Phi) is 3.97. The lowest BCUT2D eigenvalue weighted by Gasteiger charge is -2.46. The van der Waals surface area contributed by atoms with Gasteiger partial charge in [-0.3, -0.25) is 4.79 Å². The molecule has 1 aliphatic heterocycles. The van der Waals surface area contributed by atoms with Crippen LogP contribution in [0.1, 0.15) is 68.9 Å². The molecule has 138 valence electrons. The second-order valence-corrected chi connectivity index (χ2v) is 8.77. The van der Waals surface area contributed by atoms with Crippen LogP contribution >= 0.6 is 0 Å². The first-order valence-electron chi connectivity index (χ1n) is 10.3. The molecule has 0 bridgehead atoms. The Hall–Kier alpha value is -1.61. The van der Waals surface area contributed by atoms with Crippen molar-refractivity contribution < 1.29 is 14.3 Å². The van der Waals surface area contributed by atoms with Crippen molar-refractivity contribution in [2.45, 2.75) is 64.1 Å². The van der Waals surface area contributed by atoms with Crippen LogP contribution in [0, 0.1) is 17.3 Å². The number of rotatable bonds is 2. The van der Waals surface area contributed by atoms with E-state index >= 15 is 0 Å². The van der Waals surface area contributed by atoms with Crippen molar-refractivity contribution >= 4 is 11.9 Å². The van der Waals surface area contributed by atoms with Crippen molar-refractivity contribution in [1.82, 2.24) is 0 Å². The largest absolute Gasteiger partial charge is 0.465 e. The lowest BCUT2D eigenvalue weighted by atomic mass is 9.57. The van der Waals surface area contributed by atoms with Gasteiger partial charge in [-0.25, -0.2) is 0 Å². The van der Waals surface area contributed by atoms with Gasteiger partial charge >= 0.3 is 0 Å². The van der Waals surface area contributed by atoms with E-state index in [4.69, 9.17) is 9.47 Å². The number of carbonyl (C=O) groups excluding carboxylic acids is 1. The summed E-state index contributed by atoms with van der Waals surface area (Å²) in [5.41, 5.74) is 2.65. The summed E-state index contributed by atoms with van der Waals surface area (Å²) in [5, 5.41) is 0. The molecule has 0 aromatic heterocycles. The maximum atomic E-state index is 12.4. The lowest BCUT2D eigenvalue weighted by molar-refractivity contribution is -0.128. The molecule has 0 radical (unpaired) electrons. The minimum Gasteiger partial charge on any atom is -0.465 e. The molecule has 2 saturated carbocycles. The predicted octanol–water partition coefficient (Wildman–Crippen LogP) is 5.10. The summed E-state index contributed by atoms with van der Waals surface area (Å²) < 4.78 is 11.8. The molecule has 3 fully saturated rings. The topological polar surface area (TPSA) is 35.5 Å². The molecule has 1 aromatic carbocycles. The number of hydrogen-bond donors (Lipinski definition) is 0. The first-order chi connectivity index (χ1) is 12.6. The summed E-state index contributed by atoms with van der Waals surface area (Å²) in [4.78, 5) is 12.4. The van der Waals surface area contributed by atoms with E-state index < -0.39 is 0 Å². The smallest absolute Gasteiger partial charge is 0.199 e. The Labute approximate surface area is 155 Å². The summed E-state index contributed by atoms with van der Waals surface area (Å²) in [6.07, 6.45) is 11.8. The molecule has 3 nitrogen and oxygen atoms in total. The van der Waals surface area contributed by atoms with E-state index in [0.717, 1.165) is 50.9 Å². The molecule has 1 unspecified atom stereocenters. The average Bonchev–Trinajstić information content (AvgIpc) is 2.97. The van der Waals surface area contributed by atoms with E-state index in [9.17, 15) is 4.79 Å². The lowest BCUT2D eigenvalue weighted by Crippen LogP contribution is -2.40. The number of Topliss-reactive ketones (excluding diaryl/α,β-unsaturated/α-hetero) is 1. The van der Waals surface area contributed by atoms with E-state index in [1.807, 2.05) is 0 Å². The highest BCUT2D eigenvalue weighted by atomic mass is 16.7. The number of ether oxygens (including phenoxy) is 2. The van der Waals surface area contributed by atoms with Crippen LogP contribution in [-0.2, 0) is 9.53 Å². The van der Waals surface area contributed by atoms with Crippen LogP contribution in [0.15, 0.2) is 24.3 Å². The fourth-order valence-electron chi connectivity index (χ4n) is 5.88. The molecule has 3 heteroatoms. The maximum Gasteiger partial charge on any atom is 0.199 e. The predicted molar refractivity (Wildman–Crippen MR) is 101 cm³/mol. The van der Waals surface area contributed by atoms with E-state index in [-0.39, 0.29) is 11.7 Å². The summed E-state index contributed by atoms with van der Waals surface area (Å²) in [5.74, 6) is 3.00. The molecule has 1 heterocycles. The molecule has 0 amide bonds. The molecular formula is C23H28O3. The standard InChI is InChI=1S/C23H28O3/c1-23-12-11-18-17-8-6-16(26-22-4-2-3-13-25-22)14-15(17)5-7-19(18)20(23)9-10-21(23)24/h5-8,14,18-20,22H,2-4,9-13H2,1H3/t18-,19-,20+,22?,23+/m1/s1. The average molecular weight is 352 g/mol. The van der Waals surface area contributed by atoms with Crippen LogP contribution in [0.5, 0.6) is 5.75 Å². The van der Waals surface area contributed by atoms with E-state index in [0.29, 0.717) is 23.5 Å². The third-order valence-corrected chi connectivity index (χ3v) is 7.40. The van der Waals surface area contributed by atoms with E-state index in [1.54, 1.807) is 0 Å². The summed E-state index contributed by atoms with van der Waals surface area (Å²) in [6.45, 7) is 3.02. The highest BCUT2D eigenvalue weighted by Crippen LogP contribution is 2.58. The normalized spacial score (nSPS) is 38.4. The molecule has 4 aliphatic rings. The fourth-order valence-corrected chi connectivity index (χ4v) is 5.88. The van der Waals surface area contributed by atoms with Gasteiger partial charge in [-0.05, 0) is 73.1 Å². The molecule has 5 atom stereocenters. The van der Waals surface area contributed by atoms with Crippen LogP contribution in [0.4, 0.5) is 0 Å². The van der Waals surface area contributed by atoms with Gasteiger partial charge in [0.05, 0.1) is 6.61 Å². The first kappa shape index (κ1) is 16.6. The summed E-state index contributed by atoms with van der Waals surface area (Å²) >= 11 is 0. The summed E-state index contributed by atoms with van der Waals surface area (Å²) in [6, 6.07) is 6.54. The third kappa shape index (κ3) is 2.55. The first-order valence-corrected chi connectivity index (χ1v) is 10.3. The number of ketones is 1. The molecule has 1 aromatic rings. The molecule has 5 rings (SSSR count). The SMILES string of the molecule is C[C@]12CC[C@@H]3c4ccc(OC5CCCCO5)cc4C=C[C@H]3[C@@H]1CCC2=O. The number of benzene rings is 1. The van der Waals surface area contributed by atoms with Crippen LogP contribution in [0.25, 0.3) is 6.08 Å². The zero-order valence-corrected chi connectivity index (χ0v) is 15.6. The van der Waals surface area contributed by atoms with Gasteiger partial charge in [-0.2, -0.15) is 0 Å². The molecule has 0 spiro atoms. The second kappa shape index (κ2) is 6.23. The van der Waals surface area contributed by atoms with Crippen LogP contribution in [-0.4, -0.2) is 18.7 Å². The zero-order valence-electron chi connectivity index (χ0n) is 15.6. The number of fused-ring (bicyclic) bond motifs is 5. The highest BCUT2D eigenvalue weighted by molar-refractivity contribution is 5.87. The Bertz CT molecular complexity index is 746. The van der Waals surface area contributed by atoms with Gasteiger partial charge in [0, 0.05) is 18.3 Å². The number of allylic oxidation sites excluding steroid dienone is 1. The van der Waals surface area contributed by atoms with Crippen LogP contribution in [0.2, 0.25) is 0 Å². The van der Waals surface area contributed by atoms with Crippen molar-refractivity contribution in [1.29, 1.82) is 0 Å². The molecule has 3 aliphatic carbocycles.